The molecular weight excluding hydrogens is 323 g/mol. The van der Waals surface area contributed by atoms with E-state index in [-0.39, 0.29) is 0 Å². The Hall–Kier alpha value is -0.700. The third kappa shape index (κ3) is 3.38. The van der Waals surface area contributed by atoms with Gasteiger partial charge in [0.1, 0.15) is 11.5 Å². The van der Waals surface area contributed by atoms with Gasteiger partial charge in [-0.15, -0.1) is 11.6 Å². The molecular formula is C13H9BrCl2O. The fraction of sp³-hybridized carbons (Fsp3) is 0.0769. The molecule has 0 fully saturated rings. The molecule has 0 aliphatic heterocycles. The second kappa shape index (κ2) is 5.76. The van der Waals surface area contributed by atoms with Gasteiger partial charge in [-0.1, -0.05) is 33.6 Å². The van der Waals surface area contributed by atoms with Crippen LogP contribution in [0.1, 0.15) is 5.56 Å². The summed E-state index contributed by atoms with van der Waals surface area (Å²) in [6.45, 7) is 0. The fourth-order valence-electron chi connectivity index (χ4n) is 1.41. The molecule has 0 N–H and O–H groups in total. The topological polar surface area (TPSA) is 9.23 Å². The van der Waals surface area contributed by atoms with Crippen molar-refractivity contribution >= 4 is 39.1 Å². The summed E-state index contributed by atoms with van der Waals surface area (Å²) in [4.78, 5) is 0. The molecule has 0 radical (unpaired) electrons. The molecule has 0 unspecified atom stereocenters. The van der Waals surface area contributed by atoms with Crippen molar-refractivity contribution in [3.63, 3.8) is 0 Å². The number of hydrogen-bond donors (Lipinski definition) is 0. The third-order valence-electron chi connectivity index (χ3n) is 2.19. The first-order chi connectivity index (χ1) is 8.19. The second-order valence-corrected chi connectivity index (χ2v) is 5.06. The molecule has 0 heterocycles. The predicted molar refractivity (Wildman–Crippen MR) is 75.2 cm³/mol. The lowest BCUT2D eigenvalue weighted by atomic mass is 10.2. The summed E-state index contributed by atoms with van der Waals surface area (Å²) in [5, 5.41) is 0.655. The average Bonchev–Trinajstić information content (AvgIpc) is 2.31. The minimum atomic E-state index is 0.365. The first-order valence-electron chi connectivity index (χ1n) is 4.97. The van der Waals surface area contributed by atoms with Crippen molar-refractivity contribution < 1.29 is 4.74 Å². The highest BCUT2D eigenvalue weighted by atomic mass is 79.9. The molecule has 2 rings (SSSR count). The van der Waals surface area contributed by atoms with E-state index in [9.17, 15) is 0 Å². The molecule has 2 aromatic rings. The maximum Gasteiger partial charge on any atom is 0.131 e. The Labute approximate surface area is 118 Å². The zero-order valence-corrected chi connectivity index (χ0v) is 11.9. The molecule has 0 saturated heterocycles. The Balaban J connectivity index is 2.29. The number of benzene rings is 2. The standard InChI is InChI=1S/C13H9BrCl2O/c14-10-2-1-3-12(7-10)17-13-5-4-11(16)6-9(13)8-15/h1-7H,8H2. The lowest BCUT2D eigenvalue weighted by Gasteiger charge is -2.10. The summed E-state index contributed by atoms with van der Waals surface area (Å²) in [6, 6.07) is 13.0. The Morgan fingerprint density at radius 3 is 2.65 bits per heavy atom. The van der Waals surface area contributed by atoms with Gasteiger partial charge in [0.2, 0.25) is 0 Å². The molecule has 0 amide bonds. The van der Waals surface area contributed by atoms with E-state index >= 15 is 0 Å². The Kier molecular flexibility index (Phi) is 4.32. The van der Waals surface area contributed by atoms with Crippen LogP contribution in [0.25, 0.3) is 0 Å². The molecule has 0 aliphatic rings. The second-order valence-electron chi connectivity index (χ2n) is 3.45. The van der Waals surface area contributed by atoms with Crippen LogP contribution in [-0.2, 0) is 5.88 Å². The van der Waals surface area contributed by atoms with Gasteiger partial charge in [0, 0.05) is 15.1 Å². The Bertz CT molecular complexity index is 529. The minimum absolute atomic E-state index is 0.365. The third-order valence-corrected chi connectivity index (χ3v) is 3.21. The SMILES string of the molecule is ClCc1cc(Cl)ccc1Oc1cccc(Br)c1. The van der Waals surface area contributed by atoms with Crippen molar-refractivity contribution in [2.75, 3.05) is 0 Å². The maximum atomic E-state index is 5.90. The lowest BCUT2D eigenvalue weighted by Crippen LogP contribution is -1.89. The number of rotatable bonds is 3. The zero-order chi connectivity index (χ0) is 12.3. The number of halogens is 3. The summed E-state index contributed by atoms with van der Waals surface area (Å²) in [5.74, 6) is 1.85. The van der Waals surface area contributed by atoms with Crippen molar-refractivity contribution in [3.8, 4) is 11.5 Å². The number of alkyl halides is 1. The van der Waals surface area contributed by atoms with Gasteiger partial charge >= 0.3 is 0 Å². The zero-order valence-electron chi connectivity index (χ0n) is 8.79. The quantitative estimate of drug-likeness (QED) is 0.662. The maximum absolute atomic E-state index is 5.90. The van der Waals surface area contributed by atoms with Gasteiger partial charge < -0.3 is 4.74 Å². The van der Waals surface area contributed by atoms with Gasteiger partial charge in [-0.25, -0.2) is 0 Å². The van der Waals surface area contributed by atoms with Gasteiger partial charge in [0.25, 0.3) is 0 Å². The highest BCUT2D eigenvalue weighted by molar-refractivity contribution is 9.10. The van der Waals surface area contributed by atoms with E-state index < -0.39 is 0 Å². The minimum Gasteiger partial charge on any atom is -0.457 e. The van der Waals surface area contributed by atoms with Crippen LogP contribution in [0.15, 0.2) is 46.9 Å². The van der Waals surface area contributed by atoms with Crippen LogP contribution < -0.4 is 4.74 Å². The molecule has 0 aromatic heterocycles. The van der Waals surface area contributed by atoms with Gasteiger partial charge in [0.15, 0.2) is 0 Å². The first-order valence-corrected chi connectivity index (χ1v) is 6.67. The van der Waals surface area contributed by atoms with Crippen LogP contribution in [0.4, 0.5) is 0 Å². The first kappa shape index (κ1) is 12.7. The highest BCUT2D eigenvalue weighted by Crippen LogP contribution is 2.30. The fourth-order valence-corrected chi connectivity index (χ4v) is 2.19. The molecule has 1 nitrogen and oxygen atoms in total. The highest BCUT2D eigenvalue weighted by Gasteiger charge is 2.05. The van der Waals surface area contributed by atoms with Crippen molar-refractivity contribution in [2.24, 2.45) is 0 Å². The normalized spacial score (nSPS) is 10.3. The molecule has 0 atom stereocenters. The van der Waals surface area contributed by atoms with Crippen molar-refractivity contribution in [1.82, 2.24) is 0 Å². The number of hydrogen-bond acceptors (Lipinski definition) is 1. The van der Waals surface area contributed by atoms with Gasteiger partial charge in [0.05, 0.1) is 5.88 Å². The van der Waals surface area contributed by atoms with Crippen LogP contribution >= 0.6 is 39.1 Å². The van der Waals surface area contributed by atoms with E-state index in [4.69, 9.17) is 27.9 Å². The van der Waals surface area contributed by atoms with Crippen molar-refractivity contribution in [2.45, 2.75) is 5.88 Å². The van der Waals surface area contributed by atoms with Crippen LogP contribution in [0, 0.1) is 0 Å². The van der Waals surface area contributed by atoms with E-state index in [1.165, 1.54) is 0 Å². The summed E-state index contributed by atoms with van der Waals surface area (Å²) in [5.41, 5.74) is 0.874. The van der Waals surface area contributed by atoms with E-state index in [1.54, 1.807) is 6.07 Å². The van der Waals surface area contributed by atoms with Gasteiger partial charge in [-0.05, 0) is 36.4 Å². The molecule has 0 spiro atoms. The molecule has 17 heavy (non-hydrogen) atoms. The van der Waals surface area contributed by atoms with Crippen LogP contribution in [0.3, 0.4) is 0 Å². The smallest absolute Gasteiger partial charge is 0.131 e. The average molecular weight is 332 g/mol. The van der Waals surface area contributed by atoms with Gasteiger partial charge in [-0.2, -0.15) is 0 Å². The summed E-state index contributed by atoms with van der Waals surface area (Å²) < 4.78 is 6.73. The largest absolute Gasteiger partial charge is 0.457 e. The lowest BCUT2D eigenvalue weighted by molar-refractivity contribution is 0.478. The molecule has 0 saturated carbocycles. The van der Waals surface area contributed by atoms with Crippen LogP contribution in [0.2, 0.25) is 5.02 Å². The van der Waals surface area contributed by atoms with E-state index in [0.29, 0.717) is 10.9 Å². The van der Waals surface area contributed by atoms with Crippen molar-refractivity contribution in [1.29, 1.82) is 0 Å². The van der Waals surface area contributed by atoms with E-state index in [1.807, 2.05) is 36.4 Å². The molecule has 0 bridgehead atoms. The summed E-state index contributed by atoms with van der Waals surface area (Å²) in [7, 11) is 0. The Morgan fingerprint density at radius 1 is 1.12 bits per heavy atom. The van der Waals surface area contributed by atoms with E-state index in [2.05, 4.69) is 15.9 Å². The van der Waals surface area contributed by atoms with E-state index in [0.717, 1.165) is 21.5 Å². The molecule has 2 aromatic carbocycles. The van der Waals surface area contributed by atoms with Gasteiger partial charge in [-0.3, -0.25) is 0 Å². The Morgan fingerprint density at radius 2 is 1.94 bits per heavy atom. The van der Waals surface area contributed by atoms with Crippen LogP contribution in [-0.4, -0.2) is 0 Å². The molecule has 0 aliphatic carbocycles. The molecule has 4 heteroatoms. The van der Waals surface area contributed by atoms with Crippen molar-refractivity contribution in [3.05, 3.63) is 57.5 Å². The summed E-state index contributed by atoms with van der Waals surface area (Å²) in [6.07, 6.45) is 0. The predicted octanol–water partition coefficient (Wildman–Crippen LogP) is 5.63. The number of ether oxygens (including phenoxy) is 1. The summed E-state index contributed by atoms with van der Waals surface area (Å²) >= 11 is 15.2. The monoisotopic (exact) mass is 330 g/mol. The molecule has 88 valence electrons. The van der Waals surface area contributed by atoms with Crippen LogP contribution in [0.5, 0.6) is 11.5 Å².